The summed E-state index contributed by atoms with van der Waals surface area (Å²) in [6, 6.07) is 9.89. The molecule has 2 aromatic rings. The Labute approximate surface area is 147 Å². The summed E-state index contributed by atoms with van der Waals surface area (Å²) in [7, 11) is 0. The number of pyridine rings is 1. The molecule has 2 unspecified atom stereocenters. The fraction of sp³-hybridized carbons (Fsp3) is 0.381. The van der Waals surface area contributed by atoms with Gasteiger partial charge in [-0.05, 0) is 24.5 Å². The highest BCUT2D eigenvalue weighted by Crippen LogP contribution is 2.47. The van der Waals surface area contributed by atoms with E-state index >= 15 is 0 Å². The summed E-state index contributed by atoms with van der Waals surface area (Å²) in [5.41, 5.74) is 0.736. The van der Waals surface area contributed by atoms with Crippen molar-refractivity contribution in [2.75, 3.05) is 0 Å². The molecule has 4 nitrogen and oxygen atoms in total. The number of aromatic nitrogens is 1. The van der Waals surface area contributed by atoms with E-state index in [1.165, 1.54) is 6.92 Å². The monoisotopic (exact) mass is 337 g/mol. The molecule has 0 N–H and O–H groups in total. The molecule has 1 aliphatic carbocycles. The highest BCUT2D eigenvalue weighted by Gasteiger charge is 2.53. The van der Waals surface area contributed by atoms with Crippen LogP contribution in [0.3, 0.4) is 0 Å². The predicted molar refractivity (Wildman–Crippen MR) is 97.3 cm³/mol. The third-order valence-corrected chi connectivity index (χ3v) is 4.88. The van der Waals surface area contributed by atoms with Crippen molar-refractivity contribution in [1.82, 2.24) is 4.98 Å². The fourth-order valence-corrected chi connectivity index (χ4v) is 3.84. The third-order valence-electron chi connectivity index (χ3n) is 4.88. The zero-order valence-corrected chi connectivity index (χ0v) is 14.7. The second kappa shape index (κ2) is 7.18. The van der Waals surface area contributed by atoms with Gasteiger partial charge in [0, 0.05) is 37.3 Å². The maximum absolute atomic E-state index is 12.8. The third kappa shape index (κ3) is 3.21. The maximum Gasteiger partial charge on any atom is 0.303 e. The molecule has 0 saturated heterocycles. The average molecular weight is 337 g/mol. The lowest BCUT2D eigenvalue weighted by molar-refractivity contribution is -0.164. The first-order valence-electron chi connectivity index (χ1n) is 8.80. The normalized spacial score (nSPS) is 23.4. The topological polar surface area (TPSA) is 56.3 Å². The number of Topliss-reactive ketones (excluding diaryl/α,β-unsaturated/α-hetero) is 1. The van der Waals surface area contributed by atoms with E-state index in [9.17, 15) is 9.59 Å². The van der Waals surface area contributed by atoms with Gasteiger partial charge in [-0.2, -0.15) is 0 Å². The Morgan fingerprint density at radius 1 is 1.32 bits per heavy atom. The molecule has 130 valence electrons. The number of hydrogen-bond acceptors (Lipinski definition) is 4. The highest BCUT2D eigenvalue weighted by molar-refractivity contribution is 5.94. The van der Waals surface area contributed by atoms with Crippen LogP contribution in [0.1, 0.15) is 51.0 Å². The molecule has 3 rings (SSSR count). The van der Waals surface area contributed by atoms with E-state index in [1.54, 1.807) is 6.20 Å². The molecule has 0 radical (unpaired) electrons. The lowest BCUT2D eigenvalue weighted by atomic mass is 9.80. The number of allylic oxidation sites excluding steroid dienone is 1. The van der Waals surface area contributed by atoms with Gasteiger partial charge in [0.15, 0.2) is 11.4 Å². The van der Waals surface area contributed by atoms with Crippen LogP contribution in [-0.2, 0) is 14.3 Å². The molecule has 1 aromatic carbocycles. The molecule has 1 saturated carbocycles. The van der Waals surface area contributed by atoms with Crippen molar-refractivity contribution in [3.8, 4) is 0 Å². The summed E-state index contributed by atoms with van der Waals surface area (Å²) in [5.74, 6) is -0.594. The second-order valence-electron chi connectivity index (χ2n) is 6.50. The van der Waals surface area contributed by atoms with E-state index in [1.807, 2.05) is 49.4 Å². The lowest BCUT2D eigenvalue weighted by Crippen LogP contribution is -2.43. The van der Waals surface area contributed by atoms with Crippen molar-refractivity contribution in [1.29, 1.82) is 0 Å². The summed E-state index contributed by atoms with van der Waals surface area (Å²) in [6.07, 6.45) is 8.10. The van der Waals surface area contributed by atoms with E-state index in [0.29, 0.717) is 19.3 Å². The molecular weight excluding hydrogens is 314 g/mol. The first-order chi connectivity index (χ1) is 12.1. The Bertz CT molecular complexity index is 822. The van der Waals surface area contributed by atoms with Crippen molar-refractivity contribution in [3.63, 3.8) is 0 Å². The number of ketones is 1. The molecule has 4 heteroatoms. The van der Waals surface area contributed by atoms with Gasteiger partial charge in [-0.15, -0.1) is 0 Å². The van der Waals surface area contributed by atoms with Gasteiger partial charge in [0.1, 0.15) is 0 Å². The van der Waals surface area contributed by atoms with Crippen molar-refractivity contribution in [2.45, 2.75) is 51.0 Å². The summed E-state index contributed by atoms with van der Waals surface area (Å²) in [6.45, 7) is 3.41. The van der Waals surface area contributed by atoms with Gasteiger partial charge in [0.2, 0.25) is 0 Å². The van der Waals surface area contributed by atoms with Gasteiger partial charge in [0.05, 0.1) is 5.52 Å². The van der Waals surface area contributed by atoms with Crippen LogP contribution in [0.4, 0.5) is 0 Å². The fourth-order valence-electron chi connectivity index (χ4n) is 3.84. The van der Waals surface area contributed by atoms with Crippen molar-refractivity contribution in [2.24, 2.45) is 0 Å². The molecule has 0 spiro atoms. The van der Waals surface area contributed by atoms with Crippen molar-refractivity contribution < 1.29 is 14.3 Å². The molecule has 1 aromatic heterocycles. The maximum atomic E-state index is 12.8. The Balaban J connectivity index is 2.12. The number of hydrogen-bond donors (Lipinski definition) is 0. The van der Waals surface area contributed by atoms with Gasteiger partial charge in [-0.1, -0.05) is 43.3 Å². The van der Waals surface area contributed by atoms with E-state index in [2.05, 4.69) is 4.98 Å². The summed E-state index contributed by atoms with van der Waals surface area (Å²) in [4.78, 5) is 29.1. The number of esters is 1. The number of fused-ring (bicyclic) bond motifs is 1. The average Bonchev–Trinajstić information content (AvgIpc) is 2.90. The molecule has 25 heavy (non-hydrogen) atoms. The van der Waals surface area contributed by atoms with Gasteiger partial charge < -0.3 is 4.74 Å². The molecule has 1 aliphatic rings. The van der Waals surface area contributed by atoms with E-state index < -0.39 is 11.6 Å². The first kappa shape index (κ1) is 17.3. The summed E-state index contributed by atoms with van der Waals surface area (Å²) < 4.78 is 5.71. The van der Waals surface area contributed by atoms with Crippen molar-refractivity contribution in [3.05, 3.63) is 54.2 Å². The van der Waals surface area contributed by atoms with Gasteiger partial charge >= 0.3 is 5.97 Å². The van der Waals surface area contributed by atoms with Crippen LogP contribution < -0.4 is 0 Å². The quantitative estimate of drug-likeness (QED) is 0.601. The van der Waals surface area contributed by atoms with Gasteiger partial charge in [-0.3, -0.25) is 14.6 Å². The van der Waals surface area contributed by atoms with Crippen LogP contribution >= 0.6 is 0 Å². The second-order valence-corrected chi connectivity index (χ2v) is 6.50. The van der Waals surface area contributed by atoms with Crippen LogP contribution in [0, 0.1) is 0 Å². The number of rotatable bonds is 5. The number of benzene rings is 1. The molecule has 0 bridgehead atoms. The van der Waals surface area contributed by atoms with E-state index in [4.69, 9.17) is 4.74 Å². The highest BCUT2D eigenvalue weighted by atomic mass is 16.6. The van der Waals surface area contributed by atoms with Crippen LogP contribution in [0.2, 0.25) is 0 Å². The Kier molecular flexibility index (Phi) is 4.98. The molecule has 0 amide bonds. The molecule has 0 aliphatic heterocycles. The minimum absolute atomic E-state index is 0.00128. The number of ether oxygens (including phenoxy) is 1. The smallest absolute Gasteiger partial charge is 0.303 e. The number of carbonyl (C=O) groups is 2. The predicted octanol–water partition coefficient (Wildman–Crippen LogP) is 4.34. The Morgan fingerprint density at radius 2 is 2.12 bits per heavy atom. The summed E-state index contributed by atoms with van der Waals surface area (Å²) in [5, 5.41) is 1.03. The zero-order chi connectivity index (χ0) is 17.9. The minimum Gasteiger partial charge on any atom is -0.450 e. The minimum atomic E-state index is -1.12. The zero-order valence-electron chi connectivity index (χ0n) is 14.7. The standard InChI is InChI=1S/C21H23NO3/c1-3-4-5-13-21(25-15(2)23)18(11-12-19(21)24)17-10-6-8-16-9-7-14-22-20(16)17/h4-10,14,18H,3,11-13H2,1-2H3/b5-4-. The number of carbonyl (C=O) groups excluding carboxylic acids is 2. The van der Waals surface area contributed by atoms with Crippen molar-refractivity contribution >= 4 is 22.7 Å². The SMILES string of the molecule is CC/C=C\CC1(OC(C)=O)C(=O)CCC1c1cccc2cccnc12. The van der Waals surface area contributed by atoms with Crippen LogP contribution in [0.5, 0.6) is 0 Å². The number of nitrogens with zero attached hydrogens (tertiary/aromatic N) is 1. The first-order valence-corrected chi connectivity index (χ1v) is 8.80. The largest absolute Gasteiger partial charge is 0.450 e. The summed E-state index contributed by atoms with van der Waals surface area (Å²) >= 11 is 0. The lowest BCUT2D eigenvalue weighted by Gasteiger charge is -2.33. The van der Waals surface area contributed by atoms with E-state index in [0.717, 1.165) is 22.9 Å². The Hall–Kier alpha value is -2.49. The van der Waals surface area contributed by atoms with Gasteiger partial charge in [0.25, 0.3) is 0 Å². The molecular formula is C21H23NO3. The van der Waals surface area contributed by atoms with Crippen LogP contribution in [0.15, 0.2) is 48.7 Å². The van der Waals surface area contributed by atoms with E-state index in [-0.39, 0.29) is 11.7 Å². The van der Waals surface area contributed by atoms with Gasteiger partial charge in [-0.25, -0.2) is 0 Å². The Morgan fingerprint density at radius 3 is 2.88 bits per heavy atom. The van der Waals surface area contributed by atoms with Crippen LogP contribution in [0.25, 0.3) is 10.9 Å². The van der Waals surface area contributed by atoms with Crippen LogP contribution in [-0.4, -0.2) is 22.3 Å². The number of para-hydroxylation sites is 1. The molecule has 1 fully saturated rings. The molecule has 2 atom stereocenters. The molecule has 1 heterocycles.